The molecular weight excluding hydrogens is 462 g/mol. The Morgan fingerprint density at radius 2 is 1.28 bits per heavy atom. The molecule has 1 aromatic heterocycles. The maximum atomic E-state index is 6.03. The minimum absolute atomic E-state index is 0.311. The Bertz CT molecular complexity index is 1500. The number of aliphatic imine (C=N–C) groups is 2. The number of nitrogens with one attached hydrogen (secondary N) is 1. The van der Waals surface area contributed by atoms with Crippen molar-refractivity contribution in [3.63, 3.8) is 0 Å². The van der Waals surface area contributed by atoms with Gasteiger partial charge in [0.1, 0.15) is 22.8 Å². The van der Waals surface area contributed by atoms with Crippen molar-refractivity contribution in [2.75, 3.05) is 0 Å². The zero-order chi connectivity index (χ0) is 21.5. The number of nitrogens with zero attached hydrogens (tertiary/aromatic N) is 2. The van der Waals surface area contributed by atoms with Gasteiger partial charge in [0.05, 0.1) is 0 Å². The van der Waals surface area contributed by atoms with Gasteiger partial charge in [0, 0.05) is 26.4 Å². The molecule has 0 amide bonds. The summed E-state index contributed by atoms with van der Waals surface area (Å²) < 4.78 is 7.05. The maximum Gasteiger partial charge on any atom is 0.169 e. The summed E-state index contributed by atoms with van der Waals surface area (Å²) in [5.74, 6) is 1.60. The van der Waals surface area contributed by atoms with E-state index in [1.54, 1.807) is 0 Å². The summed E-state index contributed by atoms with van der Waals surface area (Å²) in [6.07, 6.45) is -0.311. The second-order valence-electron chi connectivity index (χ2n) is 7.68. The fourth-order valence-electron chi connectivity index (χ4n) is 4.01. The zero-order valence-electron chi connectivity index (χ0n) is 17.0. The monoisotopic (exact) mass is 479 g/mol. The van der Waals surface area contributed by atoms with Crippen LogP contribution in [0.5, 0.6) is 0 Å². The van der Waals surface area contributed by atoms with E-state index >= 15 is 0 Å². The first-order valence-electron chi connectivity index (χ1n) is 10.4. The summed E-state index contributed by atoms with van der Waals surface area (Å²) in [5, 5.41) is 5.59. The average molecular weight is 480 g/mol. The van der Waals surface area contributed by atoms with E-state index < -0.39 is 0 Å². The Morgan fingerprint density at radius 3 is 2.03 bits per heavy atom. The van der Waals surface area contributed by atoms with Crippen molar-refractivity contribution < 1.29 is 4.42 Å². The third-order valence-corrected chi connectivity index (χ3v) is 6.08. The van der Waals surface area contributed by atoms with Crippen molar-refractivity contribution in [3.05, 3.63) is 118 Å². The molecule has 0 bridgehead atoms. The molecule has 0 saturated heterocycles. The highest BCUT2D eigenvalue weighted by atomic mass is 79.9. The van der Waals surface area contributed by atoms with Crippen LogP contribution >= 0.6 is 15.9 Å². The van der Waals surface area contributed by atoms with E-state index in [0.29, 0.717) is 0 Å². The molecule has 6 rings (SSSR count). The van der Waals surface area contributed by atoms with Crippen molar-refractivity contribution in [3.8, 4) is 0 Å². The average Bonchev–Trinajstić information content (AvgIpc) is 3.22. The van der Waals surface area contributed by atoms with E-state index in [4.69, 9.17) is 14.4 Å². The van der Waals surface area contributed by atoms with Crippen LogP contribution in [0.2, 0.25) is 0 Å². The molecule has 0 radical (unpaired) electrons. The summed E-state index contributed by atoms with van der Waals surface area (Å²) in [6.45, 7) is 0. The lowest BCUT2D eigenvalue weighted by atomic mass is 10.1. The molecule has 1 aliphatic heterocycles. The van der Waals surface area contributed by atoms with Crippen LogP contribution in [0.4, 0.5) is 0 Å². The standard InChI is InChI=1S/C27H18BrN3O/c28-20-12-14-24-22(16-20)21-15-19(11-13-23(21)32-24)27-30-25(17-7-3-1-4-8-17)29-26(31-27)18-9-5-2-6-10-18/h1-16,25H,(H,29,30,31). The molecule has 4 aromatic carbocycles. The molecule has 5 aromatic rings. The Hall–Kier alpha value is -3.70. The fourth-order valence-corrected chi connectivity index (χ4v) is 4.37. The quantitative estimate of drug-likeness (QED) is 0.307. The molecule has 1 aliphatic rings. The lowest BCUT2D eigenvalue weighted by Gasteiger charge is -2.22. The van der Waals surface area contributed by atoms with Crippen LogP contribution in [0.25, 0.3) is 21.9 Å². The van der Waals surface area contributed by atoms with Crippen LogP contribution in [0.1, 0.15) is 22.9 Å². The number of amidine groups is 2. The molecule has 5 heteroatoms. The molecule has 0 fully saturated rings. The number of rotatable bonds is 3. The van der Waals surface area contributed by atoms with E-state index in [0.717, 1.165) is 54.8 Å². The molecule has 154 valence electrons. The predicted octanol–water partition coefficient (Wildman–Crippen LogP) is 6.84. The number of fused-ring (bicyclic) bond motifs is 3. The summed E-state index contributed by atoms with van der Waals surface area (Å²) in [7, 11) is 0. The maximum absolute atomic E-state index is 6.03. The highest BCUT2D eigenvalue weighted by molar-refractivity contribution is 9.10. The van der Waals surface area contributed by atoms with Gasteiger partial charge < -0.3 is 9.73 Å². The van der Waals surface area contributed by atoms with Crippen LogP contribution in [0.15, 0.2) is 116 Å². The molecule has 4 nitrogen and oxygen atoms in total. The number of hydrogen-bond donors (Lipinski definition) is 1. The molecular formula is C27H18BrN3O. The van der Waals surface area contributed by atoms with E-state index in [-0.39, 0.29) is 6.17 Å². The number of benzene rings is 4. The van der Waals surface area contributed by atoms with Gasteiger partial charge in [-0.1, -0.05) is 76.6 Å². The minimum Gasteiger partial charge on any atom is -0.456 e. The second kappa shape index (κ2) is 7.77. The van der Waals surface area contributed by atoms with E-state index in [1.807, 2.05) is 60.7 Å². The summed E-state index contributed by atoms with van der Waals surface area (Å²) in [4.78, 5) is 9.87. The molecule has 0 aliphatic carbocycles. The molecule has 1 N–H and O–H groups in total. The number of hydrogen-bond acceptors (Lipinski definition) is 4. The largest absolute Gasteiger partial charge is 0.456 e. The molecule has 1 atom stereocenters. The first-order chi connectivity index (χ1) is 15.7. The Morgan fingerprint density at radius 1 is 0.656 bits per heavy atom. The normalized spacial score (nSPS) is 16.0. The Balaban J connectivity index is 1.49. The summed E-state index contributed by atoms with van der Waals surface area (Å²) >= 11 is 3.57. The van der Waals surface area contributed by atoms with Crippen LogP contribution < -0.4 is 5.32 Å². The number of furan rings is 1. The van der Waals surface area contributed by atoms with Crippen molar-refractivity contribution in [2.24, 2.45) is 9.98 Å². The Labute approximate surface area is 193 Å². The second-order valence-corrected chi connectivity index (χ2v) is 8.60. The van der Waals surface area contributed by atoms with Gasteiger partial charge in [0.2, 0.25) is 0 Å². The SMILES string of the molecule is Brc1ccc2oc3ccc(C4=NC(c5ccccc5)N=C(c5ccccc5)N4)cc3c2c1. The third kappa shape index (κ3) is 3.41. The lowest BCUT2D eigenvalue weighted by Crippen LogP contribution is -2.36. The Kier molecular flexibility index (Phi) is 4.62. The van der Waals surface area contributed by atoms with Gasteiger partial charge in [0.15, 0.2) is 6.17 Å². The highest BCUT2D eigenvalue weighted by Gasteiger charge is 2.21. The third-order valence-electron chi connectivity index (χ3n) is 5.59. The van der Waals surface area contributed by atoms with Crippen LogP contribution in [0, 0.1) is 0 Å². The zero-order valence-corrected chi connectivity index (χ0v) is 18.6. The fraction of sp³-hybridized carbons (Fsp3) is 0.0370. The van der Waals surface area contributed by atoms with Gasteiger partial charge in [-0.15, -0.1) is 0 Å². The molecule has 0 saturated carbocycles. The predicted molar refractivity (Wildman–Crippen MR) is 133 cm³/mol. The van der Waals surface area contributed by atoms with Crippen LogP contribution in [-0.4, -0.2) is 11.7 Å². The van der Waals surface area contributed by atoms with Crippen LogP contribution in [0.3, 0.4) is 0 Å². The topological polar surface area (TPSA) is 49.9 Å². The van der Waals surface area contributed by atoms with Gasteiger partial charge in [-0.2, -0.15) is 0 Å². The lowest BCUT2D eigenvalue weighted by molar-refractivity contribution is 0.669. The van der Waals surface area contributed by atoms with Crippen molar-refractivity contribution in [2.45, 2.75) is 6.17 Å². The van der Waals surface area contributed by atoms with Gasteiger partial charge in [0.25, 0.3) is 0 Å². The molecule has 1 unspecified atom stereocenters. The first kappa shape index (κ1) is 19.0. The summed E-state index contributed by atoms with van der Waals surface area (Å²) in [6, 6.07) is 32.6. The van der Waals surface area contributed by atoms with Gasteiger partial charge in [-0.05, 0) is 42.0 Å². The highest BCUT2D eigenvalue weighted by Crippen LogP contribution is 2.32. The van der Waals surface area contributed by atoms with Crippen LogP contribution in [-0.2, 0) is 0 Å². The number of halogens is 1. The van der Waals surface area contributed by atoms with Crippen molar-refractivity contribution in [1.29, 1.82) is 0 Å². The van der Waals surface area contributed by atoms with E-state index in [1.165, 1.54) is 0 Å². The van der Waals surface area contributed by atoms with E-state index in [2.05, 4.69) is 57.6 Å². The molecule has 32 heavy (non-hydrogen) atoms. The summed E-state index contributed by atoms with van der Waals surface area (Å²) in [5.41, 5.74) is 4.80. The van der Waals surface area contributed by atoms with E-state index in [9.17, 15) is 0 Å². The minimum atomic E-state index is -0.311. The molecule has 2 heterocycles. The smallest absolute Gasteiger partial charge is 0.169 e. The van der Waals surface area contributed by atoms with Gasteiger partial charge >= 0.3 is 0 Å². The van der Waals surface area contributed by atoms with Gasteiger partial charge in [-0.3, -0.25) is 0 Å². The van der Waals surface area contributed by atoms with Crippen molar-refractivity contribution >= 4 is 49.5 Å². The first-order valence-corrected chi connectivity index (χ1v) is 11.2. The van der Waals surface area contributed by atoms with Gasteiger partial charge in [-0.25, -0.2) is 9.98 Å². The molecule has 0 spiro atoms. The van der Waals surface area contributed by atoms with Crippen molar-refractivity contribution in [1.82, 2.24) is 5.32 Å².